The molecule has 140 valence electrons. The lowest BCUT2D eigenvalue weighted by atomic mass is 10.2. The van der Waals surface area contributed by atoms with Gasteiger partial charge in [-0.05, 0) is 40.3 Å². The number of nitrogens with zero attached hydrogens (tertiary/aromatic N) is 2. The zero-order valence-electron chi connectivity index (χ0n) is 15.3. The van der Waals surface area contributed by atoms with Gasteiger partial charge in [-0.15, -0.1) is 0 Å². The van der Waals surface area contributed by atoms with E-state index in [9.17, 15) is 9.59 Å². The van der Waals surface area contributed by atoms with E-state index in [0.29, 0.717) is 28.4 Å². The zero-order valence-corrected chi connectivity index (χ0v) is 15.3. The van der Waals surface area contributed by atoms with Crippen molar-refractivity contribution in [1.29, 1.82) is 0 Å². The van der Waals surface area contributed by atoms with E-state index in [2.05, 4.69) is 5.27 Å². The zero-order chi connectivity index (χ0) is 19.4. The number of H-pyrrole nitrogens is 1. The number of methoxy groups -OCH3 is 2. The van der Waals surface area contributed by atoms with Gasteiger partial charge in [0.1, 0.15) is 18.0 Å². The Balaban J connectivity index is 1.85. The fourth-order valence-electron chi connectivity index (χ4n) is 2.64. The van der Waals surface area contributed by atoms with Gasteiger partial charge in [0.05, 0.1) is 14.2 Å². The van der Waals surface area contributed by atoms with Crippen LogP contribution in [0.3, 0.4) is 0 Å². The summed E-state index contributed by atoms with van der Waals surface area (Å²) in [4.78, 5) is 26.3. The highest BCUT2D eigenvalue weighted by Gasteiger charge is 2.26. The molecule has 0 aliphatic carbocycles. The number of rotatable bonds is 6. The van der Waals surface area contributed by atoms with Crippen LogP contribution in [0, 0.1) is 0 Å². The van der Waals surface area contributed by atoms with Crippen molar-refractivity contribution in [3.05, 3.63) is 70.2 Å². The Morgan fingerprint density at radius 3 is 2.48 bits per heavy atom. The summed E-state index contributed by atoms with van der Waals surface area (Å²) in [6.07, 6.45) is 0. The Bertz CT molecular complexity index is 991. The number of aromatic nitrogens is 2. The third kappa shape index (κ3) is 3.84. The fourth-order valence-corrected chi connectivity index (χ4v) is 2.64. The molecule has 0 saturated heterocycles. The summed E-state index contributed by atoms with van der Waals surface area (Å²) in [6.45, 7) is 0.0634. The maximum absolute atomic E-state index is 12.7. The average Bonchev–Trinajstić information content (AvgIpc) is 3.07. The molecule has 0 spiro atoms. The van der Waals surface area contributed by atoms with E-state index < -0.39 is 5.63 Å². The van der Waals surface area contributed by atoms with Gasteiger partial charge in [0.2, 0.25) is 5.69 Å². The first kappa shape index (κ1) is 18.2. The molecule has 0 fully saturated rings. The second kappa shape index (κ2) is 7.77. The minimum atomic E-state index is -0.545. The minimum Gasteiger partial charge on any atom is -0.497 e. The third-order valence-corrected chi connectivity index (χ3v) is 4.12. The molecule has 2 aromatic carbocycles. The molecule has 1 heterocycles. The predicted molar refractivity (Wildman–Crippen MR) is 96.2 cm³/mol. The standard InChI is InChI=1S/C19H19N3O5/c1-21(18(23)13-5-4-6-16(11-13)26-3)12-17-19(24)27-20-22(17)14-7-9-15(25-2)10-8-14/h4-11H,12H2,1-3H3/p+1. The molecule has 8 nitrogen and oxygen atoms in total. The van der Waals surface area contributed by atoms with Crippen molar-refractivity contribution in [2.45, 2.75) is 6.54 Å². The van der Waals surface area contributed by atoms with Gasteiger partial charge in [-0.1, -0.05) is 6.07 Å². The fraction of sp³-hybridized carbons (Fsp3) is 0.211. The highest BCUT2D eigenvalue weighted by Crippen LogP contribution is 2.15. The van der Waals surface area contributed by atoms with Gasteiger partial charge in [0, 0.05) is 24.7 Å². The Morgan fingerprint density at radius 2 is 1.81 bits per heavy atom. The molecule has 3 rings (SSSR count). The number of amides is 1. The number of ether oxygens (including phenoxy) is 2. The second-order valence-corrected chi connectivity index (χ2v) is 5.85. The van der Waals surface area contributed by atoms with Crippen molar-refractivity contribution in [1.82, 2.24) is 10.2 Å². The Kier molecular flexibility index (Phi) is 5.25. The molecule has 1 N–H and O–H groups in total. The summed E-state index contributed by atoms with van der Waals surface area (Å²) in [7, 11) is 4.73. The van der Waals surface area contributed by atoms with E-state index in [1.165, 1.54) is 16.7 Å². The van der Waals surface area contributed by atoms with Crippen molar-refractivity contribution in [2.75, 3.05) is 21.3 Å². The Hall–Kier alpha value is -3.55. The van der Waals surface area contributed by atoms with Crippen molar-refractivity contribution in [3.63, 3.8) is 0 Å². The van der Waals surface area contributed by atoms with Crippen LogP contribution in [0.25, 0.3) is 5.69 Å². The smallest absolute Gasteiger partial charge is 0.432 e. The molecule has 0 atom stereocenters. The number of benzene rings is 2. The summed E-state index contributed by atoms with van der Waals surface area (Å²) in [5, 5.41) is 2.56. The van der Waals surface area contributed by atoms with E-state index in [1.807, 2.05) is 0 Å². The molecule has 0 bridgehead atoms. The summed E-state index contributed by atoms with van der Waals surface area (Å²) < 4.78 is 16.7. The van der Waals surface area contributed by atoms with E-state index in [4.69, 9.17) is 14.0 Å². The van der Waals surface area contributed by atoms with Gasteiger partial charge in [-0.3, -0.25) is 9.32 Å². The minimum absolute atomic E-state index is 0.0634. The van der Waals surface area contributed by atoms with Crippen molar-refractivity contribution < 1.29 is 23.5 Å². The number of aromatic amines is 1. The van der Waals surface area contributed by atoms with E-state index in [-0.39, 0.29) is 12.5 Å². The second-order valence-electron chi connectivity index (χ2n) is 5.85. The summed E-state index contributed by atoms with van der Waals surface area (Å²) in [5.74, 6) is 1.04. The normalized spacial score (nSPS) is 10.5. The van der Waals surface area contributed by atoms with Crippen LogP contribution in [-0.2, 0) is 6.54 Å². The molecular formula is C19H20N3O5+. The molecular weight excluding hydrogens is 350 g/mol. The third-order valence-electron chi connectivity index (χ3n) is 4.12. The number of carbonyl (C=O) groups excluding carboxylic acids is 1. The van der Waals surface area contributed by atoms with Crippen LogP contribution in [0.5, 0.6) is 11.5 Å². The number of carbonyl (C=O) groups is 1. The molecule has 1 amide bonds. The average molecular weight is 370 g/mol. The van der Waals surface area contributed by atoms with Crippen LogP contribution in [0.4, 0.5) is 0 Å². The summed E-state index contributed by atoms with van der Waals surface area (Å²) in [6, 6.07) is 13.9. The SMILES string of the molecule is COc1ccc(-[n+]2[nH]oc(=O)c2CN(C)C(=O)c2cccc(OC)c2)cc1. The van der Waals surface area contributed by atoms with Crippen LogP contribution in [0.15, 0.2) is 57.8 Å². The lowest BCUT2D eigenvalue weighted by Crippen LogP contribution is -2.42. The summed E-state index contributed by atoms with van der Waals surface area (Å²) >= 11 is 0. The van der Waals surface area contributed by atoms with Gasteiger partial charge in [-0.2, -0.15) is 0 Å². The first-order valence-electron chi connectivity index (χ1n) is 8.20. The van der Waals surface area contributed by atoms with Crippen molar-refractivity contribution in [3.8, 4) is 17.2 Å². The van der Waals surface area contributed by atoms with Crippen LogP contribution >= 0.6 is 0 Å². The topological polar surface area (TPSA) is 88.7 Å². The monoisotopic (exact) mass is 370 g/mol. The predicted octanol–water partition coefficient (Wildman–Crippen LogP) is 1.53. The number of hydrogen-bond acceptors (Lipinski definition) is 5. The van der Waals surface area contributed by atoms with Crippen LogP contribution in [-0.4, -0.2) is 37.3 Å². The number of hydrogen-bond donors (Lipinski definition) is 1. The lowest BCUT2D eigenvalue weighted by Gasteiger charge is -2.14. The maximum Gasteiger partial charge on any atom is 0.432 e. The van der Waals surface area contributed by atoms with Gasteiger partial charge in [0.15, 0.2) is 0 Å². The Labute approximate surface area is 155 Å². The lowest BCUT2D eigenvalue weighted by molar-refractivity contribution is -0.678. The highest BCUT2D eigenvalue weighted by molar-refractivity contribution is 5.94. The van der Waals surface area contributed by atoms with Crippen molar-refractivity contribution in [2.24, 2.45) is 0 Å². The van der Waals surface area contributed by atoms with E-state index >= 15 is 0 Å². The van der Waals surface area contributed by atoms with Gasteiger partial charge < -0.3 is 14.4 Å². The molecule has 0 unspecified atom stereocenters. The maximum atomic E-state index is 12.7. The van der Waals surface area contributed by atoms with Gasteiger partial charge >= 0.3 is 11.3 Å². The van der Waals surface area contributed by atoms with Gasteiger partial charge in [0.25, 0.3) is 5.91 Å². The molecule has 3 aromatic rings. The van der Waals surface area contributed by atoms with Crippen LogP contribution in [0.1, 0.15) is 16.1 Å². The molecule has 8 heteroatoms. The first-order valence-corrected chi connectivity index (χ1v) is 8.20. The van der Waals surface area contributed by atoms with Crippen LogP contribution in [0.2, 0.25) is 0 Å². The van der Waals surface area contributed by atoms with E-state index in [1.54, 1.807) is 62.7 Å². The van der Waals surface area contributed by atoms with Gasteiger partial charge in [-0.25, -0.2) is 4.79 Å². The number of nitrogens with one attached hydrogen (secondary N) is 1. The molecule has 0 saturated carbocycles. The van der Waals surface area contributed by atoms with Crippen molar-refractivity contribution >= 4 is 5.91 Å². The highest BCUT2D eigenvalue weighted by atomic mass is 16.5. The quantitative estimate of drug-likeness (QED) is 0.665. The van der Waals surface area contributed by atoms with Crippen LogP contribution < -0.4 is 19.8 Å². The van der Waals surface area contributed by atoms with E-state index in [0.717, 1.165) is 0 Å². The molecule has 27 heavy (non-hydrogen) atoms. The molecule has 1 aromatic heterocycles. The largest absolute Gasteiger partial charge is 0.497 e. The molecule has 0 aliphatic heterocycles. The summed E-state index contributed by atoms with van der Waals surface area (Å²) in [5.41, 5.74) is 0.890. The first-order chi connectivity index (χ1) is 13.0. The Morgan fingerprint density at radius 1 is 1.11 bits per heavy atom. The molecule has 0 radical (unpaired) electrons. The molecule has 0 aliphatic rings.